The molecule has 2 heteroatoms. The number of hydrogen-bond donors (Lipinski definition) is 0. The molecular weight excluding hydrogens is 246 g/mol. The summed E-state index contributed by atoms with van der Waals surface area (Å²) in [6, 6.07) is 4.45. The third-order valence-corrected chi connectivity index (χ3v) is 4.61. The molecule has 0 N–H and O–H groups in total. The third kappa shape index (κ3) is 3.06. The predicted molar refractivity (Wildman–Crippen MR) is 84.3 cm³/mol. The van der Waals surface area contributed by atoms with E-state index in [1.165, 1.54) is 55.6 Å². The van der Waals surface area contributed by atoms with Gasteiger partial charge in [0.1, 0.15) is 5.75 Å². The monoisotopic (exact) mass is 271 g/mol. The van der Waals surface area contributed by atoms with Crippen LogP contribution in [0.15, 0.2) is 17.7 Å². The number of hydrogen-bond acceptors (Lipinski definition) is 2. The Morgan fingerprint density at radius 3 is 2.65 bits per heavy atom. The molecular formula is C18H25NO. The molecule has 2 aliphatic heterocycles. The predicted octanol–water partition coefficient (Wildman–Crippen LogP) is 3.96. The van der Waals surface area contributed by atoms with Crippen LogP contribution >= 0.6 is 0 Å². The fourth-order valence-corrected chi connectivity index (χ4v) is 3.14. The maximum Gasteiger partial charge on any atom is 0.126 e. The molecule has 2 heterocycles. The maximum atomic E-state index is 5.92. The number of fused-ring (bicyclic) bond motifs is 1. The van der Waals surface area contributed by atoms with Crippen LogP contribution in [0.4, 0.5) is 0 Å². The van der Waals surface area contributed by atoms with Crippen LogP contribution in [0.3, 0.4) is 0 Å². The van der Waals surface area contributed by atoms with Crippen molar-refractivity contribution in [2.45, 2.75) is 39.5 Å². The van der Waals surface area contributed by atoms with Crippen LogP contribution in [-0.2, 0) is 0 Å². The van der Waals surface area contributed by atoms with Gasteiger partial charge < -0.3 is 9.64 Å². The first kappa shape index (κ1) is 13.7. The minimum Gasteiger partial charge on any atom is -0.493 e. The minimum absolute atomic E-state index is 0.821. The van der Waals surface area contributed by atoms with Crippen LogP contribution in [0, 0.1) is 13.8 Å². The van der Waals surface area contributed by atoms with Crippen LogP contribution in [0.2, 0.25) is 0 Å². The van der Waals surface area contributed by atoms with Crippen molar-refractivity contribution in [1.29, 1.82) is 0 Å². The van der Waals surface area contributed by atoms with Gasteiger partial charge >= 0.3 is 0 Å². The highest BCUT2D eigenvalue weighted by molar-refractivity contribution is 5.62. The molecule has 0 amide bonds. The van der Waals surface area contributed by atoms with Gasteiger partial charge in [-0.1, -0.05) is 11.6 Å². The summed E-state index contributed by atoms with van der Waals surface area (Å²) in [4.78, 5) is 2.59. The maximum absolute atomic E-state index is 5.92. The van der Waals surface area contributed by atoms with Crippen molar-refractivity contribution in [2.24, 2.45) is 0 Å². The lowest BCUT2D eigenvalue weighted by molar-refractivity contribution is 0.315. The van der Waals surface area contributed by atoms with Crippen LogP contribution in [0.25, 0.3) is 6.08 Å². The Labute approximate surface area is 122 Å². The largest absolute Gasteiger partial charge is 0.493 e. The minimum atomic E-state index is 0.821. The van der Waals surface area contributed by atoms with Gasteiger partial charge in [-0.05, 0) is 69.5 Å². The SMILES string of the molecule is Cc1cc2c(cc1C)OCCC(CCN1CCCC1)=C2. The molecule has 1 aromatic carbocycles. The molecule has 0 atom stereocenters. The number of benzene rings is 1. The summed E-state index contributed by atoms with van der Waals surface area (Å²) >= 11 is 0. The van der Waals surface area contributed by atoms with E-state index in [0.29, 0.717) is 0 Å². The molecule has 0 bridgehead atoms. The smallest absolute Gasteiger partial charge is 0.126 e. The van der Waals surface area contributed by atoms with Crippen molar-refractivity contribution < 1.29 is 4.74 Å². The number of nitrogens with zero attached hydrogens (tertiary/aromatic N) is 1. The Hall–Kier alpha value is -1.28. The average molecular weight is 271 g/mol. The van der Waals surface area contributed by atoms with Crippen molar-refractivity contribution in [3.63, 3.8) is 0 Å². The summed E-state index contributed by atoms with van der Waals surface area (Å²) in [7, 11) is 0. The molecule has 1 saturated heterocycles. The van der Waals surface area contributed by atoms with E-state index in [4.69, 9.17) is 4.74 Å². The molecule has 20 heavy (non-hydrogen) atoms. The molecule has 0 unspecified atom stereocenters. The summed E-state index contributed by atoms with van der Waals surface area (Å²) in [6.45, 7) is 8.95. The molecule has 2 nitrogen and oxygen atoms in total. The summed E-state index contributed by atoms with van der Waals surface area (Å²) < 4.78 is 5.92. The highest BCUT2D eigenvalue weighted by Crippen LogP contribution is 2.30. The normalized spacial score (nSPS) is 19.2. The van der Waals surface area contributed by atoms with Gasteiger partial charge in [-0.25, -0.2) is 0 Å². The van der Waals surface area contributed by atoms with Gasteiger partial charge in [0.15, 0.2) is 0 Å². The topological polar surface area (TPSA) is 12.5 Å². The number of aryl methyl sites for hydroxylation is 2. The highest BCUT2D eigenvalue weighted by atomic mass is 16.5. The van der Waals surface area contributed by atoms with Crippen LogP contribution in [0.5, 0.6) is 5.75 Å². The van der Waals surface area contributed by atoms with Crippen LogP contribution in [0.1, 0.15) is 42.4 Å². The Morgan fingerprint density at radius 2 is 1.85 bits per heavy atom. The summed E-state index contributed by atoms with van der Waals surface area (Å²) in [6.07, 6.45) is 7.38. The zero-order valence-corrected chi connectivity index (χ0v) is 12.7. The Kier molecular flexibility index (Phi) is 4.11. The van der Waals surface area contributed by atoms with Gasteiger partial charge in [-0.3, -0.25) is 0 Å². The first-order chi connectivity index (χ1) is 9.72. The van der Waals surface area contributed by atoms with Gasteiger partial charge in [0.25, 0.3) is 0 Å². The van der Waals surface area contributed by atoms with Crippen molar-refractivity contribution in [3.05, 3.63) is 34.4 Å². The Morgan fingerprint density at radius 1 is 1.10 bits per heavy atom. The lowest BCUT2D eigenvalue weighted by Crippen LogP contribution is -2.20. The lowest BCUT2D eigenvalue weighted by atomic mass is 10.0. The summed E-state index contributed by atoms with van der Waals surface area (Å²) in [5.41, 5.74) is 5.47. The molecule has 0 spiro atoms. The second-order valence-electron chi connectivity index (χ2n) is 6.17. The average Bonchev–Trinajstić information content (AvgIpc) is 2.87. The van der Waals surface area contributed by atoms with E-state index in [2.05, 4.69) is 37.0 Å². The summed E-state index contributed by atoms with van der Waals surface area (Å²) in [5.74, 6) is 1.06. The summed E-state index contributed by atoms with van der Waals surface area (Å²) in [5, 5.41) is 0. The van der Waals surface area contributed by atoms with Gasteiger partial charge in [0, 0.05) is 18.5 Å². The van der Waals surface area contributed by atoms with Gasteiger partial charge in [0.05, 0.1) is 6.61 Å². The van der Waals surface area contributed by atoms with Gasteiger partial charge in [0.2, 0.25) is 0 Å². The molecule has 0 saturated carbocycles. The number of likely N-dealkylation sites (tertiary alicyclic amines) is 1. The number of ether oxygens (including phenoxy) is 1. The van der Waals surface area contributed by atoms with Gasteiger partial charge in [-0.2, -0.15) is 0 Å². The van der Waals surface area contributed by atoms with Gasteiger partial charge in [-0.15, -0.1) is 0 Å². The first-order valence-corrected chi connectivity index (χ1v) is 7.88. The second-order valence-corrected chi connectivity index (χ2v) is 6.17. The molecule has 0 aromatic heterocycles. The van der Waals surface area contributed by atoms with E-state index in [1.807, 2.05) is 0 Å². The first-order valence-electron chi connectivity index (χ1n) is 7.88. The quantitative estimate of drug-likeness (QED) is 0.825. The molecule has 0 aliphatic carbocycles. The second kappa shape index (κ2) is 6.01. The van der Waals surface area contributed by atoms with E-state index < -0.39 is 0 Å². The lowest BCUT2D eigenvalue weighted by Gasteiger charge is -2.15. The fraction of sp³-hybridized carbons (Fsp3) is 0.556. The molecule has 0 radical (unpaired) electrons. The van der Waals surface area contributed by atoms with E-state index in [9.17, 15) is 0 Å². The third-order valence-electron chi connectivity index (χ3n) is 4.61. The molecule has 108 valence electrons. The Balaban J connectivity index is 1.74. The molecule has 3 rings (SSSR count). The van der Waals surface area contributed by atoms with E-state index in [-0.39, 0.29) is 0 Å². The standard InChI is InChI=1S/C18H25NO/c1-14-11-17-13-16(5-9-19-7-3-4-8-19)6-10-20-18(17)12-15(14)2/h11-13H,3-10H2,1-2H3. The van der Waals surface area contributed by atoms with Crippen LogP contribution in [-0.4, -0.2) is 31.1 Å². The number of rotatable bonds is 3. The van der Waals surface area contributed by atoms with E-state index >= 15 is 0 Å². The molecule has 2 aliphatic rings. The molecule has 1 fully saturated rings. The Bertz CT molecular complexity index is 512. The zero-order valence-electron chi connectivity index (χ0n) is 12.7. The van der Waals surface area contributed by atoms with Crippen LogP contribution < -0.4 is 4.74 Å². The fourth-order valence-electron chi connectivity index (χ4n) is 3.14. The zero-order chi connectivity index (χ0) is 13.9. The van der Waals surface area contributed by atoms with Crippen molar-refractivity contribution in [1.82, 2.24) is 4.90 Å². The molecule has 1 aromatic rings. The van der Waals surface area contributed by atoms with Crippen molar-refractivity contribution in [2.75, 3.05) is 26.2 Å². The highest BCUT2D eigenvalue weighted by Gasteiger charge is 2.14. The van der Waals surface area contributed by atoms with E-state index in [0.717, 1.165) is 18.8 Å². The van der Waals surface area contributed by atoms with Crippen molar-refractivity contribution >= 4 is 6.08 Å². The van der Waals surface area contributed by atoms with E-state index in [1.54, 1.807) is 5.57 Å². The van der Waals surface area contributed by atoms with Crippen molar-refractivity contribution in [3.8, 4) is 5.75 Å².